The molecule has 0 spiro atoms. The van der Waals surface area contributed by atoms with E-state index < -0.39 is 17.1 Å². The van der Waals surface area contributed by atoms with Gasteiger partial charge in [0.15, 0.2) is 0 Å². The van der Waals surface area contributed by atoms with E-state index in [1.165, 1.54) is 18.2 Å². The van der Waals surface area contributed by atoms with Gasteiger partial charge in [0.2, 0.25) is 0 Å². The lowest BCUT2D eigenvalue weighted by atomic mass is 10.1. The van der Waals surface area contributed by atoms with Crippen molar-refractivity contribution in [3.8, 4) is 5.75 Å². The number of carbonyl (C=O) groups is 3. The van der Waals surface area contributed by atoms with E-state index in [0.29, 0.717) is 21.1 Å². The van der Waals surface area contributed by atoms with Gasteiger partial charge in [-0.15, -0.1) is 0 Å². The lowest BCUT2D eigenvalue weighted by Gasteiger charge is -2.06. The number of carbonyl (C=O) groups excluding carboxylic acids is 3. The molecular formula is C17H9Cl2NO4S. The minimum absolute atomic E-state index is 0.281. The number of imide groups is 1. The Morgan fingerprint density at radius 1 is 1.04 bits per heavy atom. The highest BCUT2D eigenvalue weighted by molar-refractivity contribution is 8.18. The third-order valence-electron chi connectivity index (χ3n) is 3.19. The van der Waals surface area contributed by atoms with Crippen molar-refractivity contribution in [1.29, 1.82) is 0 Å². The molecule has 0 aromatic heterocycles. The number of ether oxygens (including phenoxy) is 1. The lowest BCUT2D eigenvalue weighted by molar-refractivity contribution is -0.115. The molecule has 0 radical (unpaired) electrons. The molecule has 0 bridgehead atoms. The first-order chi connectivity index (χ1) is 11.9. The molecule has 3 rings (SSSR count). The minimum Gasteiger partial charge on any atom is -0.423 e. The van der Waals surface area contributed by atoms with Gasteiger partial charge in [-0.2, -0.15) is 0 Å². The first-order valence-electron chi connectivity index (χ1n) is 6.94. The molecule has 5 nitrogen and oxygen atoms in total. The zero-order valence-electron chi connectivity index (χ0n) is 12.4. The molecule has 2 aromatic rings. The van der Waals surface area contributed by atoms with Crippen LogP contribution < -0.4 is 10.1 Å². The third-order valence-corrected chi connectivity index (χ3v) is 4.74. The first kappa shape index (κ1) is 17.5. The Balaban J connectivity index is 1.72. The number of amides is 2. The van der Waals surface area contributed by atoms with Crippen molar-refractivity contribution in [3.63, 3.8) is 0 Å². The molecule has 8 heteroatoms. The number of hydrogen-bond donors (Lipinski definition) is 1. The number of rotatable bonds is 3. The van der Waals surface area contributed by atoms with Crippen LogP contribution in [0.2, 0.25) is 10.0 Å². The molecule has 126 valence electrons. The Morgan fingerprint density at radius 2 is 1.76 bits per heavy atom. The molecule has 1 N–H and O–H groups in total. The SMILES string of the molecule is O=C1NC(=O)/C(=C/c2ccc(C(=O)Oc3ccc(Cl)c(Cl)c3)cc2)S1. The second kappa shape index (κ2) is 7.31. The van der Waals surface area contributed by atoms with Crippen molar-refractivity contribution in [2.24, 2.45) is 0 Å². The van der Waals surface area contributed by atoms with Gasteiger partial charge in [-0.05, 0) is 47.7 Å². The van der Waals surface area contributed by atoms with Crippen molar-refractivity contribution in [1.82, 2.24) is 5.32 Å². The molecule has 2 aromatic carbocycles. The fraction of sp³-hybridized carbons (Fsp3) is 0. The highest BCUT2D eigenvalue weighted by Crippen LogP contribution is 2.27. The summed E-state index contributed by atoms with van der Waals surface area (Å²) in [5.74, 6) is -0.706. The Hall–Kier alpha value is -2.28. The number of esters is 1. The molecule has 0 atom stereocenters. The Labute approximate surface area is 156 Å². The summed E-state index contributed by atoms with van der Waals surface area (Å²) in [4.78, 5) is 35.1. The largest absolute Gasteiger partial charge is 0.423 e. The van der Waals surface area contributed by atoms with Crippen LogP contribution in [0.5, 0.6) is 5.75 Å². The molecule has 25 heavy (non-hydrogen) atoms. The fourth-order valence-electron chi connectivity index (χ4n) is 1.99. The molecule has 2 amide bonds. The van der Waals surface area contributed by atoms with E-state index in [1.54, 1.807) is 30.3 Å². The maximum atomic E-state index is 12.1. The van der Waals surface area contributed by atoms with E-state index >= 15 is 0 Å². The van der Waals surface area contributed by atoms with E-state index in [1.807, 2.05) is 0 Å². The molecule has 0 saturated carbocycles. The summed E-state index contributed by atoms with van der Waals surface area (Å²) in [6.07, 6.45) is 1.57. The van der Waals surface area contributed by atoms with Crippen molar-refractivity contribution >= 4 is 58.2 Å². The Morgan fingerprint density at radius 3 is 2.36 bits per heavy atom. The van der Waals surface area contributed by atoms with Gasteiger partial charge in [-0.25, -0.2) is 4.79 Å². The van der Waals surface area contributed by atoms with Gasteiger partial charge in [0.05, 0.1) is 20.5 Å². The lowest BCUT2D eigenvalue weighted by Crippen LogP contribution is -2.17. The fourth-order valence-corrected chi connectivity index (χ4v) is 2.96. The van der Waals surface area contributed by atoms with E-state index in [4.69, 9.17) is 27.9 Å². The van der Waals surface area contributed by atoms with Crippen LogP contribution >= 0.6 is 35.0 Å². The average molecular weight is 394 g/mol. The Kier molecular flexibility index (Phi) is 5.13. The summed E-state index contributed by atoms with van der Waals surface area (Å²) >= 11 is 12.5. The number of nitrogens with one attached hydrogen (secondary N) is 1. The molecular weight excluding hydrogens is 385 g/mol. The molecule has 1 heterocycles. The summed E-state index contributed by atoms with van der Waals surface area (Å²) in [5, 5.41) is 2.43. The molecule has 1 fully saturated rings. The summed E-state index contributed by atoms with van der Waals surface area (Å²) in [7, 11) is 0. The predicted octanol–water partition coefficient (Wildman–Crippen LogP) is 4.54. The van der Waals surface area contributed by atoms with Crippen LogP contribution in [-0.2, 0) is 4.79 Å². The van der Waals surface area contributed by atoms with Crippen LogP contribution in [0.1, 0.15) is 15.9 Å². The normalized spacial score (nSPS) is 15.4. The summed E-state index contributed by atoms with van der Waals surface area (Å²) in [6.45, 7) is 0. The molecule has 1 aliphatic rings. The molecule has 0 unspecified atom stereocenters. The summed E-state index contributed by atoms with van der Waals surface area (Å²) in [5.41, 5.74) is 1.01. The van der Waals surface area contributed by atoms with Crippen molar-refractivity contribution < 1.29 is 19.1 Å². The zero-order valence-corrected chi connectivity index (χ0v) is 14.7. The van der Waals surface area contributed by atoms with Crippen LogP contribution in [0.4, 0.5) is 4.79 Å². The monoisotopic (exact) mass is 393 g/mol. The van der Waals surface area contributed by atoms with Gasteiger partial charge in [0, 0.05) is 6.07 Å². The van der Waals surface area contributed by atoms with Crippen LogP contribution in [0.25, 0.3) is 6.08 Å². The van der Waals surface area contributed by atoms with E-state index in [0.717, 1.165) is 11.8 Å². The third kappa shape index (κ3) is 4.22. The van der Waals surface area contributed by atoms with Gasteiger partial charge >= 0.3 is 5.97 Å². The first-order valence-corrected chi connectivity index (χ1v) is 8.52. The van der Waals surface area contributed by atoms with Gasteiger partial charge in [-0.1, -0.05) is 35.3 Å². The second-order valence-electron chi connectivity index (χ2n) is 4.94. The number of halogens is 2. The summed E-state index contributed by atoms with van der Waals surface area (Å²) in [6, 6.07) is 10.9. The van der Waals surface area contributed by atoms with E-state index in [9.17, 15) is 14.4 Å². The van der Waals surface area contributed by atoms with Crippen LogP contribution in [0.15, 0.2) is 47.4 Å². The maximum absolute atomic E-state index is 12.1. The topological polar surface area (TPSA) is 72.5 Å². The van der Waals surface area contributed by atoms with Gasteiger partial charge in [-0.3, -0.25) is 14.9 Å². The molecule has 1 saturated heterocycles. The van der Waals surface area contributed by atoms with Crippen LogP contribution in [0.3, 0.4) is 0 Å². The average Bonchev–Trinajstić information content (AvgIpc) is 2.89. The number of hydrogen-bond acceptors (Lipinski definition) is 5. The summed E-state index contributed by atoms with van der Waals surface area (Å²) < 4.78 is 5.23. The van der Waals surface area contributed by atoms with Crippen LogP contribution in [0, 0.1) is 0 Å². The standard InChI is InChI=1S/C17H9Cl2NO4S/c18-12-6-5-11(8-13(12)19)24-16(22)10-3-1-9(2-4-10)7-14-15(21)20-17(23)25-14/h1-8H,(H,20,21,23)/b14-7-. The minimum atomic E-state index is -0.555. The van der Waals surface area contributed by atoms with Crippen molar-refractivity contribution in [2.75, 3.05) is 0 Å². The second-order valence-corrected chi connectivity index (χ2v) is 6.77. The molecule has 0 aliphatic carbocycles. The van der Waals surface area contributed by atoms with Crippen molar-refractivity contribution in [2.45, 2.75) is 0 Å². The van der Waals surface area contributed by atoms with Gasteiger partial charge in [0.1, 0.15) is 5.75 Å². The highest BCUT2D eigenvalue weighted by atomic mass is 35.5. The Bertz CT molecular complexity index is 909. The van der Waals surface area contributed by atoms with Crippen LogP contribution in [-0.4, -0.2) is 17.1 Å². The van der Waals surface area contributed by atoms with E-state index in [-0.39, 0.29) is 10.8 Å². The number of benzene rings is 2. The zero-order chi connectivity index (χ0) is 18.0. The van der Waals surface area contributed by atoms with Crippen molar-refractivity contribution in [3.05, 3.63) is 68.5 Å². The van der Waals surface area contributed by atoms with Gasteiger partial charge < -0.3 is 4.74 Å². The molecule has 1 aliphatic heterocycles. The quantitative estimate of drug-likeness (QED) is 0.470. The smallest absolute Gasteiger partial charge is 0.343 e. The predicted molar refractivity (Wildman–Crippen MR) is 97.0 cm³/mol. The number of thioether (sulfide) groups is 1. The van der Waals surface area contributed by atoms with E-state index in [2.05, 4.69) is 5.32 Å². The maximum Gasteiger partial charge on any atom is 0.343 e. The van der Waals surface area contributed by atoms with Gasteiger partial charge in [0.25, 0.3) is 11.1 Å². The highest BCUT2D eigenvalue weighted by Gasteiger charge is 2.24.